The van der Waals surface area contributed by atoms with Crippen molar-refractivity contribution in [3.05, 3.63) is 97.6 Å². The van der Waals surface area contributed by atoms with Crippen molar-refractivity contribution in [2.45, 2.75) is 13.8 Å². The van der Waals surface area contributed by atoms with E-state index in [-0.39, 0.29) is 5.76 Å². The average Bonchev–Trinajstić information content (AvgIpc) is 3.04. The van der Waals surface area contributed by atoms with Gasteiger partial charge >= 0.3 is 0 Å². The first kappa shape index (κ1) is 20.1. The van der Waals surface area contributed by atoms with Gasteiger partial charge in [-0.2, -0.15) is 0 Å². The van der Waals surface area contributed by atoms with Gasteiger partial charge in [0.1, 0.15) is 19.4 Å². The van der Waals surface area contributed by atoms with Crippen LogP contribution in [0.3, 0.4) is 0 Å². The standard InChI is InChI=1S/C23H25BN2O/c1-5-9-10-14-17(8-4)26-20-16-11-15-19(24)22(20)25-23(26)18(12-6-2)21(27)13-7-3/h5-16,27H,2-3,24H2,1,4H3/b9-5-,14-10-,17-8+,18-12+,21-13+. The Morgan fingerprint density at radius 1 is 1.15 bits per heavy atom. The molecule has 1 aromatic heterocycles. The smallest absolute Gasteiger partial charge is 0.149 e. The van der Waals surface area contributed by atoms with Crippen LogP contribution in [0.25, 0.3) is 22.3 Å². The number of hydrogen-bond donors (Lipinski definition) is 1. The van der Waals surface area contributed by atoms with Crippen LogP contribution in [0.1, 0.15) is 19.7 Å². The van der Waals surface area contributed by atoms with E-state index in [1.807, 2.05) is 74.8 Å². The largest absolute Gasteiger partial charge is 0.507 e. The molecule has 3 nitrogen and oxygen atoms in total. The minimum Gasteiger partial charge on any atom is -0.507 e. The van der Waals surface area contributed by atoms with Crippen LogP contribution in [0, 0.1) is 0 Å². The van der Waals surface area contributed by atoms with Gasteiger partial charge in [0.05, 0.1) is 16.6 Å². The number of aromatic nitrogens is 2. The van der Waals surface area contributed by atoms with Crippen LogP contribution in [0.4, 0.5) is 0 Å². The number of nitrogens with zero attached hydrogens (tertiary/aromatic N) is 2. The van der Waals surface area contributed by atoms with Crippen molar-refractivity contribution < 1.29 is 5.11 Å². The second-order valence-electron chi connectivity index (χ2n) is 5.92. The SMILES string of the molecule is Bc1cccc2c1nc(C(=C/C=C)/C(O)=C\C=C)n2C(/C=C\C=C/C)=C/C. The lowest BCUT2D eigenvalue weighted by Crippen LogP contribution is -2.04. The first-order chi connectivity index (χ1) is 13.1. The van der Waals surface area contributed by atoms with E-state index >= 15 is 0 Å². The van der Waals surface area contributed by atoms with Gasteiger partial charge in [0.2, 0.25) is 0 Å². The molecule has 0 saturated heterocycles. The van der Waals surface area contributed by atoms with Crippen LogP contribution in [0.2, 0.25) is 0 Å². The molecule has 2 aromatic rings. The average molecular weight is 356 g/mol. The molecule has 136 valence electrons. The van der Waals surface area contributed by atoms with Gasteiger partial charge in [-0.3, -0.25) is 4.57 Å². The maximum Gasteiger partial charge on any atom is 0.149 e. The Hall–Kier alpha value is -3.27. The zero-order valence-electron chi connectivity index (χ0n) is 16.2. The minimum absolute atomic E-state index is 0.0898. The van der Waals surface area contributed by atoms with Gasteiger partial charge in [0, 0.05) is 5.70 Å². The van der Waals surface area contributed by atoms with Crippen LogP contribution < -0.4 is 5.46 Å². The van der Waals surface area contributed by atoms with E-state index in [9.17, 15) is 5.11 Å². The Morgan fingerprint density at radius 2 is 1.89 bits per heavy atom. The number of aliphatic hydroxyl groups is 1. The van der Waals surface area contributed by atoms with Gasteiger partial charge in [-0.05, 0) is 38.1 Å². The summed E-state index contributed by atoms with van der Waals surface area (Å²) in [6.45, 7) is 11.4. The predicted molar refractivity (Wildman–Crippen MR) is 121 cm³/mol. The number of imidazole rings is 1. The summed E-state index contributed by atoms with van der Waals surface area (Å²) in [5, 5.41) is 10.6. The number of allylic oxidation sites excluding steroid dienone is 11. The summed E-state index contributed by atoms with van der Waals surface area (Å²) in [4.78, 5) is 4.85. The van der Waals surface area contributed by atoms with Gasteiger partial charge in [-0.25, -0.2) is 4.98 Å². The van der Waals surface area contributed by atoms with Gasteiger partial charge in [0.25, 0.3) is 0 Å². The fourth-order valence-corrected chi connectivity index (χ4v) is 2.84. The van der Waals surface area contributed by atoms with Crippen LogP contribution in [-0.4, -0.2) is 22.5 Å². The molecule has 0 radical (unpaired) electrons. The maximum absolute atomic E-state index is 10.6. The summed E-state index contributed by atoms with van der Waals surface area (Å²) in [7, 11) is 2.03. The molecular weight excluding hydrogens is 331 g/mol. The van der Waals surface area contributed by atoms with E-state index in [2.05, 4.69) is 13.2 Å². The van der Waals surface area contributed by atoms with Crippen molar-refractivity contribution in [3.63, 3.8) is 0 Å². The van der Waals surface area contributed by atoms with E-state index in [1.54, 1.807) is 24.3 Å². The Kier molecular flexibility index (Phi) is 7.01. The first-order valence-corrected chi connectivity index (χ1v) is 8.88. The summed E-state index contributed by atoms with van der Waals surface area (Å²) in [5.74, 6) is 0.736. The Balaban J connectivity index is 2.88. The van der Waals surface area contributed by atoms with Crippen molar-refractivity contribution in [3.8, 4) is 0 Å². The molecule has 4 heteroatoms. The second-order valence-corrected chi connectivity index (χ2v) is 5.92. The first-order valence-electron chi connectivity index (χ1n) is 8.88. The number of hydrogen-bond acceptors (Lipinski definition) is 2. The molecule has 0 saturated carbocycles. The molecule has 0 atom stereocenters. The summed E-state index contributed by atoms with van der Waals surface area (Å²) in [6, 6.07) is 6.08. The third-order valence-electron chi connectivity index (χ3n) is 4.09. The molecular formula is C23H25BN2O. The highest BCUT2D eigenvalue weighted by atomic mass is 16.3. The van der Waals surface area contributed by atoms with E-state index < -0.39 is 0 Å². The molecule has 1 aromatic carbocycles. The van der Waals surface area contributed by atoms with Gasteiger partial charge in [0.15, 0.2) is 0 Å². The lowest BCUT2D eigenvalue weighted by molar-refractivity contribution is 0.437. The minimum atomic E-state index is 0.0898. The third kappa shape index (κ3) is 4.29. The van der Waals surface area contributed by atoms with E-state index in [0.29, 0.717) is 11.4 Å². The van der Waals surface area contributed by atoms with Gasteiger partial charge in [-0.15, -0.1) is 0 Å². The van der Waals surface area contributed by atoms with Crippen LogP contribution >= 0.6 is 0 Å². The highest BCUT2D eigenvalue weighted by molar-refractivity contribution is 6.38. The summed E-state index contributed by atoms with van der Waals surface area (Å²) >= 11 is 0. The molecule has 1 N–H and O–H groups in total. The summed E-state index contributed by atoms with van der Waals surface area (Å²) in [6.07, 6.45) is 16.5. The molecule has 0 aliphatic heterocycles. The molecule has 0 fully saturated rings. The van der Waals surface area contributed by atoms with E-state index in [1.165, 1.54) is 0 Å². The van der Waals surface area contributed by atoms with Crippen molar-refractivity contribution in [2.75, 3.05) is 0 Å². The predicted octanol–water partition coefficient (Wildman–Crippen LogP) is 4.49. The van der Waals surface area contributed by atoms with E-state index in [4.69, 9.17) is 4.98 Å². The molecule has 0 amide bonds. The zero-order chi connectivity index (χ0) is 19.8. The number of para-hydroxylation sites is 1. The topological polar surface area (TPSA) is 38.1 Å². The molecule has 27 heavy (non-hydrogen) atoms. The van der Waals surface area contributed by atoms with Crippen LogP contribution in [0.5, 0.6) is 0 Å². The lowest BCUT2D eigenvalue weighted by atomic mass is 9.95. The molecule has 0 aliphatic rings. The fourth-order valence-electron chi connectivity index (χ4n) is 2.84. The Morgan fingerprint density at radius 3 is 2.52 bits per heavy atom. The fraction of sp³-hybridized carbons (Fsp3) is 0.0870. The maximum atomic E-state index is 10.6. The van der Waals surface area contributed by atoms with Crippen LogP contribution in [0.15, 0.2) is 91.8 Å². The molecule has 0 bridgehead atoms. The molecule has 1 heterocycles. The highest BCUT2D eigenvalue weighted by Gasteiger charge is 2.19. The molecule has 0 spiro atoms. The van der Waals surface area contributed by atoms with E-state index in [0.717, 1.165) is 22.2 Å². The van der Waals surface area contributed by atoms with Gasteiger partial charge < -0.3 is 5.11 Å². The normalized spacial score (nSPS) is 13.8. The van der Waals surface area contributed by atoms with Crippen molar-refractivity contribution in [2.24, 2.45) is 0 Å². The second kappa shape index (κ2) is 9.44. The van der Waals surface area contributed by atoms with Crippen LogP contribution in [-0.2, 0) is 0 Å². The monoisotopic (exact) mass is 356 g/mol. The molecule has 2 rings (SSSR count). The molecule has 0 aliphatic carbocycles. The zero-order valence-corrected chi connectivity index (χ0v) is 16.2. The van der Waals surface area contributed by atoms with Crippen molar-refractivity contribution in [1.29, 1.82) is 0 Å². The van der Waals surface area contributed by atoms with Gasteiger partial charge in [-0.1, -0.05) is 67.2 Å². The Labute approximate surface area is 162 Å². The number of fused-ring (bicyclic) bond motifs is 1. The highest BCUT2D eigenvalue weighted by Crippen LogP contribution is 2.28. The Bertz CT molecular complexity index is 1000. The van der Waals surface area contributed by atoms with Crippen molar-refractivity contribution in [1.82, 2.24) is 9.55 Å². The summed E-state index contributed by atoms with van der Waals surface area (Å²) in [5.41, 5.74) is 4.49. The lowest BCUT2D eigenvalue weighted by Gasteiger charge is -2.12. The number of rotatable bonds is 7. The quantitative estimate of drug-likeness (QED) is 0.451. The molecule has 0 unspecified atom stereocenters. The number of benzene rings is 1. The summed E-state index contributed by atoms with van der Waals surface area (Å²) < 4.78 is 2.05. The van der Waals surface area contributed by atoms with Crippen molar-refractivity contribution >= 4 is 35.6 Å². The third-order valence-corrected chi connectivity index (χ3v) is 4.09. The number of aliphatic hydroxyl groups excluding tert-OH is 1.